The van der Waals surface area contributed by atoms with Gasteiger partial charge < -0.3 is 19.7 Å². The van der Waals surface area contributed by atoms with E-state index in [1.807, 2.05) is 51.1 Å². The van der Waals surface area contributed by atoms with Crippen LogP contribution in [-0.2, 0) is 4.74 Å². The molecule has 32 heavy (non-hydrogen) atoms. The lowest BCUT2D eigenvalue weighted by Crippen LogP contribution is -2.50. The zero-order valence-corrected chi connectivity index (χ0v) is 19.1. The Hall–Kier alpha value is -3.28. The van der Waals surface area contributed by atoms with Crippen LogP contribution in [0.1, 0.15) is 55.1 Å². The number of piperidine rings is 1. The molecule has 0 radical (unpaired) electrons. The molecular weight excluding hydrogens is 404 g/mol. The van der Waals surface area contributed by atoms with Gasteiger partial charge in [0.2, 0.25) is 0 Å². The Bertz CT molecular complexity index is 1050. The number of hydrogen-bond donors (Lipinski definition) is 1. The average molecular weight is 435 g/mol. The van der Waals surface area contributed by atoms with Gasteiger partial charge in [0.1, 0.15) is 17.0 Å². The van der Waals surface area contributed by atoms with Crippen molar-refractivity contribution in [1.82, 2.24) is 10.2 Å². The van der Waals surface area contributed by atoms with Gasteiger partial charge in [-0.3, -0.25) is 4.79 Å². The van der Waals surface area contributed by atoms with E-state index in [2.05, 4.69) is 23.5 Å². The largest absolute Gasteiger partial charge is 0.482 e. The van der Waals surface area contributed by atoms with Gasteiger partial charge in [0, 0.05) is 44.1 Å². The van der Waals surface area contributed by atoms with Crippen LogP contribution in [-0.4, -0.2) is 48.2 Å². The molecule has 0 aromatic heterocycles. The Morgan fingerprint density at radius 1 is 1.06 bits per heavy atom. The molecular formula is C26H30N2O4. The highest BCUT2D eigenvalue weighted by Gasteiger charge is 2.41. The van der Waals surface area contributed by atoms with Crippen LogP contribution in [0.5, 0.6) is 5.75 Å². The van der Waals surface area contributed by atoms with E-state index in [0.717, 1.165) is 22.4 Å². The number of hydrogen-bond acceptors (Lipinski definition) is 4. The van der Waals surface area contributed by atoms with Crippen LogP contribution < -0.4 is 10.1 Å². The van der Waals surface area contributed by atoms with Crippen molar-refractivity contribution in [3.8, 4) is 5.75 Å². The predicted octanol–water partition coefficient (Wildman–Crippen LogP) is 4.64. The Labute approximate surface area is 189 Å². The maximum Gasteiger partial charge on any atom is 0.410 e. The molecule has 168 valence electrons. The van der Waals surface area contributed by atoms with Gasteiger partial charge in [-0.2, -0.15) is 0 Å². The fourth-order valence-corrected chi connectivity index (χ4v) is 4.20. The fraction of sp³-hybridized carbons (Fsp3) is 0.385. The van der Waals surface area contributed by atoms with Gasteiger partial charge in [0.05, 0.1) is 0 Å². The first-order valence-electron chi connectivity index (χ1n) is 11.0. The second-order valence-electron chi connectivity index (χ2n) is 9.35. The smallest absolute Gasteiger partial charge is 0.410 e. The van der Waals surface area contributed by atoms with E-state index in [1.165, 1.54) is 0 Å². The van der Waals surface area contributed by atoms with Crippen LogP contribution in [0.3, 0.4) is 0 Å². The molecule has 1 fully saturated rings. The number of nitrogens with zero attached hydrogens (tertiary/aromatic N) is 1. The zero-order valence-electron chi connectivity index (χ0n) is 19.1. The molecule has 2 aromatic rings. The normalized spacial score (nSPS) is 17.1. The highest BCUT2D eigenvalue weighted by Crippen LogP contribution is 2.43. The number of nitrogens with one attached hydrogen (secondary N) is 1. The summed E-state index contributed by atoms with van der Waals surface area (Å²) in [7, 11) is 1.62. The second kappa shape index (κ2) is 8.34. The first kappa shape index (κ1) is 21.9. The molecule has 0 bridgehead atoms. The van der Waals surface area contributed by atoms with Crippen LogP contribution in [0, 0.1) is 0 Å². The number of rotatable bonds is 2. The number of carbonyl (C=O) groups is 2. The quantitative estimate of drug-likeness (QED) is 0.748. The van der Waals surface area contributed by atoms with E-state index >= 15 is 0 Å². The summed E-state index contributed by atoms with van der Waals surface area (Å²) in [6.45, 7) is 6.73. The van der Waals surface area contributed by atoms with Crippen molar-refractivity contribution in [2.45, 2.75) is 44.8 Å². The molecule has 2 aromatic carbocycles. The Morgan fingerprint density at radius 3 is 2.38 bits per heavy atom. The van der Waals surface area contributed by atoms with Crippen molar-refractivity contribution in [2.75, 3.05) is 20.1 Å². The van der Waals surface area contributed by atoms with E-state index < -0.39 is 11.2 Å². The Balaban J connectivity index is 1.66. The molecule has 2 aliphatic rings. The molecule has 0 unspecified atom stereocenters. The van der Waals surface area contributed by atoms with E-state index in [-0.39, 0.29) is 12.0 Å². The SMILES string of the molecule is CNC(=O)c1ccc2c(c1)C(c1ccccc1)=CC1(CCN(C(=O)OC(C)(C)C)CC1)O2. The monoisotopic (exact) mass is 434 g/mol. The molecule has 6 heteroatoms. The minimum absolute atomic E-state index is 0.133. The molecule has 0 atom stereocenters. The number of fused-ring (bicyclic) bond motifs is 1. The van der Waals surface area contributed by atoms with Crippen molar-refractivity contribution in [3.63, 3.8) is 0 Å². The zero-order chi connectivity index (χ0) is 22.9. The second-order valence-corrected chi connectivity index (χ2v) is 9.35. The summed E-state index contributed by atoms with van der Waals surface area (Å²) in [5, 5.41) is 2.68. The van der Waals surface area contributed by atoms with E-state index in [9.17, 15) is 9.59 Å². The fourth-order valence-electron chi connectivity index (χ4n) is 4.20. The molecule has 4 rings (SSSR count). The number of carbonyl (C=O) groups excluding carboxylic acids is 2. The lowest BCUT2D eigenvalue weighted by Gasteiger charge is -2.43. The van der Waals surface area contributed by atoms with Gasteiger partial charge in [-0.1, -0.05) is 30.3 Å². The van der Waals surface area contributed by atoms with Crippen LogP contribution in [0.15, 0.2) is 54.6 Å². The third kappa shape index (κ3) is 4.49. The Morgan fingerprint density at radius 2 is 1.75 bits per heavy atom. The summed E-state index contributed by atoms with van der Waals surface area (Å²) in [4.78, 5) is 26.5. The molecule has 2 aliphatic heterocycles. The summed E-state index contributed by atoms with van der Waals surface area (Å²) in [6, 6.07) is 15.7. The molecule has 2 heterocycles. The summed E-state index contributed by atoms with van der Waals surface area (Å²) < 4.78 is 12.1. The van der Waals surface area contributed by atoms with E-state index in [4.69, 9.17) is 9.47 Å². The van der Waals surface area contributed by atoms with Crippen LogP contribution in [0.4, 0.5) is 4.79 Å². The van der Waals surface area contributed by atoms with Crippen molar-refractivity contribution < 1.29 is 19.1 Å². The van der Waals surface area contributed by atoms with Crippen molar-refractivity contribution >= 4 is 17.6 Å². The third-order valence-electron chi connectivity index (χ3n) is 5.83. The van der Waals surface area contributed by atoms with E-state index in [1.54, 1.807) is 18.0 Å². The summed E-state index contributed by atoms with van der Waals surface area (Å²) >= 11 is 0. The molecule has 0 aliphatic carbocycles. The minimum Gasteiger partial charge on any atom is -0.482 e. The van der Waals surface area contributed by atoms with Crippen LogP contribution in [0.2, 0.25) is 0 Å². The maximum atomic E-state index is 12.5. The van der Waals surface area contributed by atoms with Crippen molar-refractivity contribution in [2.24, 2.45) is 0 Å². The predicted molar refractivity (Wildman–Crippen MR) is 124 cm³/mol. The van der Waals surface area contributed by atoms with Gasteiger partial charge in [0.15, 0.2) is 0 Å². The van der Waals surface area contributed by atoms with Gasteiger partial charge in [-0.15, -0.1) is 0 Å². The average Bonchev–Trinajstić information content (AvgIpc) is 2.77. The molecule has 2 amide bonds. The highest BCUT2D eigenvalue weighted by molar-refractivity contribution is 5.96. The molecule has 1 saturated heterocycles. The van der Waals surface area contributed by atoms with Gasteiger partial charge in [-0.05, 0) is 56.2 Å². The van der Waals surface area contributed by atoms with Gasteiger partial charge in [-0.25, -0.2) is 4.79 Å². The van der Waals surface area contributed by atoms with Crippen LogP contribution in [0.25, 0.3) is 5.57 Å². The molecule has 1 spiro atoms. The minimum atomic E-state index is -0.518. The summed E-state index contributed by atoms with van der Waals surface area (Å²) in [5.74, 6) is 0.621. The highest BCUT2D eigenvalue weighted by atomic mass is 16.6. The first-order valence-corrected chi connectivity index (χ1v) is 11.0. The van der Waals surface area contributed by atoms with E-state index in [0.29, 0.717) is 31.5 Å². The standard InChI is InChI=1S/C26H30N2O4/c1-25(2,3)32-24(30)28-14-12-26(13-15-28)17-21(18-8-6-5-7-9-18)20-16-19(23(29)27-4)10-11-22(20)31-26/h5-11,16-17H,12-15H2,1-4H3,(H,27,29). The summed E-state index contributed by atoms with van der Waals surface area (Å²) in [5.41, 5.74) is 2.58. The van der Waals surface area contributed by atoms with Crippen LogP contribution >= 0.6 is 0 Å². The third-order valence-corrected chi connectivity index (χ3v) is 5.83. The first-order chi connectivity index (χ1) is 15.2. The number of ether oxygens (including phenoxy) is 2. The number of benzene rings is 2. The molecule has 0 saturated carbocycles. The lowest BCUT2D eigenvalue weighted by molar-refractivity contribution is -0.00116. The van der Waals surface area contributed by atoms with Crippen molar-refractivity contribution in [1.29, 1.82) is 0 Å². The van der Waals surface area contributed by atoms with Gasteiger partial charge >= 0.3 is 6.09 Å². The van der Waals surface area contributed by atoms with Crippen molar-refractivity contribution in [3.05, 3.63) is 71.3 Å². The topological polar surface area (TPSA) is 67.9 Å². The summed E-state index contributed by atoms with van der Waals surface area (Å²) in [6.07, 6.45) is 3.22. The number of amides is 2. The number of likely N-dealkylation sites (tertiary alicyclic amines) is 1. The van der Waals surface area contributed by atoms with Gasteiger partial charge in [0.25, 0.3) is 5.91 Å². The molecule has 1 N–H and O–H groups in total. The maximum absolute atomic E-state index is 12.5. The Kier molecular flexibility index (Phi) is 5.71. The molecule has 6 nitrogen and oxygen atoms in total. The lowest BCUT2D eigenvalue weighted by atomic mass is 9.82.